The number of pyridine rings is 1. The maximum Gasteiger partial charge on any atom is 0.417 e. The molecule has 2 N–H and O–H groups in total. The van der Waals surface area contributed by atoms with Gasteiger partial charge in [-0.25, -0.2) is 4.98 Å². The Balaban J connectivity index is 1.64. The van der Waals surface area contributed by atoms with E-state index in [9.17, 15) is 18.0 Å². The zero-order valence-corrected chi connectivity index (χ0v) is 20.4. The van der Waals surface area contributed by atoms with Crippen molar-refractivity contribution >= 4 is 34.0 Å². The van der Waals surface area contributed by atoms with Crippen molar-refractivity contribution < 1.29 is 18.0 Å². The van der Waals surface area contributed by atoms with Crippen LogP contribution in [0.1, 0.15) is 28.7 Å². The van der Waals surface area contributed by atoms with E-state index in [4.69, 9.17) is 0 Å². The van der Waals surface area contributed by atoms with E-state index < -0.39 is 11.7 Å². The van der Waals surface area contributed by atoms with Crippen LogP contribution in [-0.4, -0.2) is 64.5 Å². The van der Waals surface area contributed by atoms with Crippen molar-refractivity contribution in [3.8, 4) is 0 Å². The molecule has 0 spiro atoms. The summed E-state index contributed by atoms with van der Waals surface area (Å²) < 4.78 is 42.4. The van der Waals surface area contributed by atoms with Gasteiger partial charge in [-0.2, -0.15) is 18.3 Å². The van der Waals surface area contributed by atoms with Gasteiger partial charge >= 0.3 is 6.18 Å². The van der Waals surface area contributed by atoms with Crippen molar-refractivity contribution in [1.29, 1.82) is 0 Å². The predicted molar refractivity (Wildman–Crippen MR) is 135 cm³/mol. The SMILES string of the molecule is C=C(c1nc(/C=C/CNC(=O)c2cnn(C)c2)cc2c(NC3CN(C)CC3C)cccc12)C(F)(F)F. The zero-order valence-electron chi connectivity index (χ0n) is 20.4. The Morgan fingerprint density at radius 1 is 1.25 bits per heavy atom. The number of fused-ring (bicyclic) bond motifs is 1. The lowest BCUT2D eigenvalue weighted by Gasteiger charge is -2.21. The van der Waals surface area contributed by atoms with Crippen LogP contribution in [0, 0.1) is 5.92 Å². The number of rotatable bonds is 7. The minimum absolute atomic E-state index is 0.171. The van der Waals surface area contributed by atoms with E-state index >= 15 is 0 Å². The number of anilines is 1. The smallest absolute Gasteiger partial charge is 0.380 e. The Morgan fingerprint density at radius 2 is 2.03 bits per heavy atom. The van der Waals surface area contributed by atoms with E-state index in [1.54, 1.807) is 43.6 Å². The lowest BCUT2D eigenvalue weighted by molar-refractivity contribution is -0.0688. The summed E-state index contributed by atoms with van der Waals surface area (Å²) in [6, 6.07) is 7.16. The number of halogens is 3. The highest BCUT2D eigenvalue weighted by Crippen LogP contribution is 2.37. The summed E-state index contributed by atoms with van der Waals surface area (Å²) in [5.41, 5.74) is 0.293. The number of likely N-dealkylation sites (tertiary alicyclic amines) is 1. The number of nitrogens with zero attached hydrogens (tertiary/aromatic N) is 4. The third-order valence-corrected chi connectivity index (χ3v) is 6.29. The molecule has 0 bridgehead atoms. The van der Waals surface area contributed by atoms with Gasteiger partial charge < -0.3 is 15.5 Å². The summed E-state index contributed by atoms with van der Waals surface area (Å²) >= 11 is 0. The number of benzene rings is 1. The van der Waals surface area contributed by atoms with Crippen LogP contribution in [0.5, 0.6) is 0 Å². The van der Waals surface area contributed by atoms with Crippen molar-refractivity contribution in [3.05, 3.63) is 66.3 Å². The molecule has 1 fully saturated rings. The average molecular weight is 499 g/mol. The van der Waals surface area contributed by atoms with E-state index in [0.29, 0.717) is 27.9 Å². The summed E-state index contributed by atoms with van der Waals surface area (Å²) in [6.07, 6.45) is 1.67. The summed E-state index contributed by atoms with van der Waals surface area (Å²) in [5.74, 6) is 0.0898. The first-order valence-corrected chi connectivity index (χ1v) is 11.6. The highest BCUT2D eigenvalue weighted by molar-refractivity contribution is 6.01. The fourth-order valence-corrected chi connectivity index (χ4v) is 4.44. The molecule has 0 saturated carbocycles. The highest BCUT2D eigenvalue weighted by atomic mass is 19.4. The molecule has 1 amide bonds. The van der Waals surface area contributed by atoms with Crippen LogP contribution in [0.15, 0.2) is 49.3 Å². The first-order valence-electron chi connectivity index (χ1n) is 11.6. The predicted octanol–water partition coefficient (Wildman–Crippen LogP) is 4.35. The lowest BCUT2D eigenvalue weighted by atomic mass is 10.0. The molecule has 36 heavy (non-hydrogen) atoms. The molecule has 1 saturated heterocycles. The number of allylic oxidation sites excluding steroid dienone is 1. The summed E-state index contributed by atoms with van der Waals surface area (Å²) in [6.45, 7) is 7.41. The van der Waals surface area contributed by atoms with Crippen molar-refractivity contribution in [2.45, 2.75) is 19.1 Å². The van der Waals surface area contributed by atoms with Crippen LogP contribution in [0.3, 0.4) is 0 Å². The third-order valence-electron chi connectivity index (χ3n) is 6.29. The number of hydrogen-bond donors (Lipinski definition) is 2. The number of aromatic nitrogens is 3. The van der Waals surface area contributed by atoms with E-state index in [-0.39, 0.29) is 24.2 Å². The molecule has 2 aromatic heterocycles. The Morgan fingerprint density at radius 3 is 2.67 bits per heavy atom. The van der Waals surface area contributed by atoms with Crippen molar-refractivity contribution in [2.24, 2.45) is 13.0 Å². The molecular weight excluding hydrogens is 469 g/mol. The van der Waals surface area contributed by atoms with Gasteiger partial charge in [0, 0.05) is 55.4 Å². The van der Waals surface area contributed by atoms with Gasteiger partial charge in [-0.1, -0.05) is 31.7 Å². The molecule has 1 aliphatic rings. The van der Waals surface area contributed by atoms with E-state index in [1.165, 1.54) is 10.9 Å². The average Bonchev–Trinajstić information content (AvgIpc) is 3.39. The molecule has 10 heteroatoms. The summed E-state index contributed by atoms with van der Waals surface area (Å²) in [7, 11) is 3.76. The van der Waals surface area contributed by atoms with Crippen LogP contribution >= 0.6 is 0 Å². The van der Waals surface area contributed by atoms with Crippen LogP contribution in [-0.2, 0) is 7.05 Å². The molecule has 3 aromatic rings. The zero-order chi connectivity index (χ0) is 26.0. The van der Waals surface area contributed by atoms with Gasteiger partial charge in [-0.15, -0.1) is 0 Å². The first-order chi connectivity index (χ1) is 17.0. The minimum Gasteiger partial charge on any atom is -0.380 e. The second-order valence-corrected chi connectivity index (χ2v) is 9.24. The van der Waals surface area contributed by atoms with Crippen molar-refractivity contribution in [2.75, 3.05) is 32.0 Å². The summed E-state index contributed by atoms with van der Waals surface area (Å²) in [5, 5.41) is 11.2. The van der Waals surface area contributed by atoms with Crippen LogP contribution in [0.4, 0.5) is 18.9 Å². The summed E-state index contributed by atoms with van der Waals surface area (Å²) in [4.78, 5) is 18.7. The number of alkyl halides is 3. The Labute approximate surface area is 207 Å². The molecule has 190 valence electrons. The Kier molecular flexibility index (Phi) is 7.16. The molecule has 0 radical (unpaired) electrons. The number of hydrogen-bond acceptors (Lipinski definition) is 5. The fraction of sp³-hybridized carbons (Fsp3) is 0.346. The first kappa shape index (κ1) is 25.4. The molecule has 1 aliphatic heterocycles. The molecule has 2 unspecified atom stereocenters. The minimum atomic E-state index is -4.62. The Hall–Kier alpha value is -3.66. The number of amides is 1. The third kappa shape index (κ3) is 5.59. The second-order valence-electron chi connectivity index (χ2n) is 9.24. The van der Waals surface area contributed by atoms with Gasteiger partial charge in [0.2, 0.25) is 0 Å². The fourth-order valence-electron chi connectivity index (χ4n) is 4.44. The van der Waals surface area contributed by atoms with Gasteiger partial charge in [0.1, 0.15) is 0 Å². The number of likely N-dealkylation sites (N-methyl/N-ethyl adjacent to an activating group) is 1. The van der Waals surface area contributed by atoms with Crippen molar-refractivity contribution in [3.63, 3.8) is 0 Å². The standard InChI is InChI=1S/C26H29F3N6O/c1-16-13-34(3)15-23(16)33-22-9-5-8-20-21(22)11-19(32-24(20)17(2)26(27,28)29)7-6-10-30-25(36)18-12-31-35(4)14-18/h5-9,11-12,14,16,23,33H,2,10,13,15H2,1,3-4H3,(H,30,36)/b7-6+. The number of nitrogens with one attached hydrogen (secondary N) is 2. The van der Waals surface area contributed by atoms with Gasteiger partial charge in [0.25, 0.3) is 5.91 Å². The number of carbonyl (C=O) groups is 1. The molecule has 4 rings (SSSR count). The number of aryl methyl sites for hydroxylation is 1. The molecule has 2 atom stereocenters. The topological polar surface area (TPSA) is 75.1 Å². The van der Waals surface area contributed by atoms with Gasteiger partial charge in [0.05, 0.1) is 28.7 Å². The highest BCUT2D eigenvalue weighted by Gasteiger charge is 2.35. The van der Waals surface area contributed by atoms with Crippen LogP contribution in [0.2, 0.25) is 0 Å². The molecule has 0 aliphatic carbocycles. The van der Waals surface area contributed by atoms with Crippen LogP contribution < -0.4 is 10.6 Å². The van der Waals surface area contributed by atoms with Gasteiger partial charge in [-0.05, 0) is 31.2 Å². The lowest BCUT2D eigenvalue weighted by Crippen LogP contribution is -2.27. The van der Waals surface area contributed by atoms with Crippen LogP contribution in [0.25, 0.3) is 22.4 Å². The van der Waals surface area contributed by atoms with Gasteiger partial charge in [0.15, 0.2) is 0 Å². The maximum absolute atomic E-state index is 13.6. The van der Waals surface area contributed by atoms with E-state index in [2.05, 4.69) is 39.1 Å². The number of carbonyl (C=O) groups excluding carboxylic acids is 1. The largest absolute Gasteiger partial charge is 0.417 e. The molecule has 3 heterocycles. The van der Waals surface area contributed by atoms with Crippen molar-refractivity contribution in [1.82, 2.24) is 25.0 Å². The Bertz CT molecular complexity index is 1310. The normalized spacial score (nSPS) is 18.7. The molecular formula is C26H29F3N6O. The second kappa shape index (κ2) is 10.1. The maximum atomic E-state index is 13.6. The monoisotopic (exact) mass is 498 g/mol. The molecule has 1 aromatic carbocycles. The molecule has 7 nitrogen and oxygen atoms in total. The van der Waals surface area contributed by atoms with E-state index in [0.717, 1.165) is 18.8 Å². The quantitative estimate of drug-likeness (QED) is 0.507. The van der Waals surface area contributed by atoms with Gasteiger partial charge in [-0.3, -0.25) is 9.48 Å². The van der Waals surface area contributed by atoms with E-state index in [1.807, 2.05) is 13.1 Å².